The van der Waals surface area contributed by atoms with Gasteiger partial charge in [0.15, 0.2) is 5.82 Å². The van der Waals surface area contributed by atoms with Gasteiger partial charge in [0.25, 0.3) is 5.82 Å². The fraction of sp³-hybridized carbons (Fsp3) is 0.333. The molecule has 19 heavy (non-hydrogen) atoms. The summed E-state index contributed by atoms with van der Waals surface area (Å²) < 4.78 is 7.01. The first-order valence-electron chi connectivity index (χ1n) is 5.97. The Bertz CT molecular complexity index is 640. The predicted molar refractivity (Wildman–Crippen MR) is 66.5 cm³/mol. The van der Waals surface area contributed by atoms with Crippen LogP contribution < -0.4 is 10.5 Å². The summed E-state index contributed by atoms with van der Waals surface area (Å²) in [4.78, 5) is 8.12. The van der Waals surface area contributed by atoms with Gasteiger partial charge in [-0.1, -0.05) is 0 Å². The number of nitrogens with two attached hydrogens (primary N) is 1. The zero-order chi connectivity index (χ0) is 13.2. The lowest BCUT2D eigenvalue weighted by Gasteiger charge is -2.08. The number of hydrogen-bond donors (Lipinski definition) is 1. The molecule has 0 amide bonds. The van der Waals surface area contributed by atoms with E-state index in [1.165, 1.54) is 23.9 Å². The van der Waals surface area contributed by atoms with E-state index in [9.17, 15) is 0 Å². The maximum atomic E-state index is 8.70. The summed E-state index contributed by atoms with van der Waals surface area (Å²) in [6.45, 7) is 0.640. The molecular weight excluding hydrogens is 244 g/mol. The van der Waals surface area contributed by atoms with Crippen molar-refractivity contribution in [2.45, 2.75) is 12.8 Å². The first-order valence-corrected chi connectivity index (χ1v) is 5.97. The molecule has 0 aromatic carbocycles. The second-order valence-corrected chi connectivity index (χ2v) is 4.44. The van der Waals surface area contributed by atoms with Crippen LogP contribution in [0.25, 0.3) is 5.82 Å². The van der Waals surface area contributed by atoms with Gasteiger partial charge in [0.05, 0.1) is 12.3 Å². The molecule has 1 fully saturated rings. The standard InChI is InChI=1S/C12H12N6O/c13-5-10-15-7-18(17-10)11-4-3-9(14)12(16-11)19-6-8-1-2-8/h3-4,7-8H,1-2,6,14H2. The summed E-state index contributed by atoms with van der Waals surface area (Å²) in [5.74, 6) is 1.65. The Hall–Kier alpha value is -2.62. The highest BCUT2D eigenvalue weighted by Crippen LogP contribution is 2.30. The monoisotopic (exact) mass is 256 g/mol. The minimum Gasteiger partial charge on any atom is -0.476 e. The van der Waals surface area contributed by atoms with Crippen LogP contribution in [-0.2, 0) is 0 Å². The lowest BCUT2D eigenvalue weighted by molar-refractivity contribution is 0.290. The Balaban J connectivity index is 1.85. The molecule has 0 aliphatic heterocycles. The molecule has 3 rings (SSSR count). The zero-order valence-electron chi connectivity index (χ0n) is 10.2. The minimum absolute atomic E-state index is 0.0964. The second kappa shape index (κ2) is 4.57. The van der Waals surface area contributed by atoms with Crippen LogP contribution in [0.5, 0.6) is 5.88 Å². The van der Waals surface area contributed by atoms with Crippen LogP contribution in [0, 0.1) is 17.2 Å². The largest absolute Gasteiger partial charge is 0.476 e. The number of ether oxygens (including phenoxy) is 1. The van der Waals surface area contributed by atoms with Gasteiger partial charge in [-0.2, -0.15) is 10.2 Å². The molecule has 2 aromatic rings. The summed E-state index contributed by atoms with van der Waals surface area (Å²) in [7, 11) is 0. The van der Waals surface area contributed by atoms with E-state index in [0.29, 0.717) is 29.9 Å². The van der Waals surface area contributed by atoms with Gasteiger partial charge in [-0.15, -0.1) is 5.10 Å². The van der Waals surface area contributed by atoms with Gasteiger partial charge in [0, 0.05) is 0 Å². The lowest BCUT2D eigenvalue weighted by Crippen LogP contribution is -2.06. The van der Waals surface area contributed by atoms with Crippen molar-refractivity contribution in [3.05, 3.63) is 24.3 Å². The van der Waals surface area contributed by atoms with E-state index < -0.39 is 0 Å². The molecular formula is C12H12N6O. The summed E-state index contributed by atoms with van der Waals surface area (Å²) >= 11 is 0. The number of nitriles is 1. The Labute approximate surface area is 109 Å². The fourth-order valence-corrected chi connectivity index (χ4v) is 1.59. The highest BCUT2D eigenvalue weighted by Gasteiger charge is 2.22. The van der Waals surface area contributed by atoms with E-state index >= 15 is 0 Å². The van der Waals surface area contributed by atoms with Crippen LogP contribution in [0.2, 0.25) is 0 Å². The van der Waals surface area contributed by atoms with E-state index in [2.05, 4.69) is 15.1 Å². The average Bonchev–Trinajstić information content (AvgIpc) is 3.13. The van der Waals surface area contributed by atoms with Gasteiger partial charge in [-0.25, -0.2) is 9.67 Å². The normalized spacial score (nSPS) is 14.1. The van der Waals surface area contributed by atoms with Crippen molar-refractivity contribution in [1.29, 1.82) is 5.26 Å². The molecule has 0 saturated heterocycles. The smallest absolute Gasteiger partial charge is 0.252 e. The van der Waals surface area contributed by atoms with Crippen molar-refractivity contribution in [2.24, 2.45) is 5.92 Å². The van der Waals surface area contributed by atoms with Gasteiger partial charge in [-0.3, -0.25) is 0 Å². The Morgan fingerprint density at radius 2 is 2.32 bits per heavy atom. The number of pyridine rings is 1. The Morgan fingerprint density at radius 3 is 3.00 bits per heavy atom. The first kappa shape index (κ1) is 11.5. The predicted octanol–water partition coefficient (Wildman–Crippen LogP) is 0.905. The summed E-state index contributed by atoms with van der Waals surface area (Å²) in [6.07, 6.45) is 3.84. The SMILES string of the molecule is N#Cc1ncn(-c2ccc(N)c(OCC3CC3)n2)n1. The zero-order valence-corrected chi connectivity index (χ0v) is 10.2. The molecule has 2 N–H and O–H groups in total. The highest BCUT2D eigenvalue weighted by atomic mass is 16.5. The number of nitrogens with zero attached hydrogens (tertiary/aromatic N) is 5. The van der Waals surface area contributed by atoms with Crippen LogP contribution >= 0.6 is 0 Å². The molecule has 96 valence electrons. The third kappa shape index (κ3) is 2.47. The third-order valence-electron chi connectivity index (χ3n) is 2.85. The van der Waals surface area contributed by atoms with Gasteiger partial charge < -0.3 is 10.5 Å². The lowest BCUT2D eigenvalue weighted by atomic mass is 10.4. The fourth-order valence-electron chi connectivity index (χ4n) is 1.59. The highest BCUT2D eigenvalue weighted by molar-refractivity contribution is 5.50. The third-order valence-corrected chi connectivity index (χ3v) is 2.85. The van der Waals surface area contributed by atoms with Crippen molar-refractivity contribution in [3.8, 4) is 17.8 Å². The van der Waals surface area contributed by atoms with Crippen LogP contribution in [0.15, 0.2) is 18.5 Å². The van der Waals surface area contributed by atoms with E-state index in [1.54, 1.807) is 12.1 Å². The van der Waals surface area contributed by atoms with Crippen LogP contribution in [-0.4, -0.2) is 26.4 Å². The van der Waals surface area contributed by atoms with E-state index in [-0.39, 0.29) is 5.82 Å². The molecule has 1 aliphatic carbocycles. The number of nitrogen functional groups attached to an aromatic ring is 1. The maximum absolute atomic E-state index is 8.70. The van der Waals surface area contributed by atoms with E-state index in [0.717, 1.165) is 0 Å². The molecule has 0 radical (unpaired) electrons. The van der Waals surface area contributed by atoms with Gasteiger partial charge in [0.2, 0.25) is 5.88 Å². The summed E-state index contributed by atoms with van der Waals surface area (Å²) in [5, 5.41) is 12.7. The molecule has 1 aliphatic rings. The average molecular weight is 256 g/mol. The summed E-state index contributed by atoms with van der Waals surface area (Å²) in [6, 6.07) is 5.27. The molecule has 2 heterocycles. The van der Waals surface area contributed by atoms with Gasteiger partial charge in [-0.05, 0) is 30.9 Å². The molecule has 7 heteroatoms. The minimum atomic E-state index is 0.0964. The Morgan fingerprint density at radius 1 is 1.47 bits per heavy atom. The quantitative estimate of drug-likeness (QED) is 0.871. The molecule has 0 spiro atoms. The number of hydrogen-bond acceptors (Lipinski definition) is 6. The van der Waals surface area contributed by atoms with Crippen molar-refractivity contribution >= 4 is 5.69 Å². The molecule has 2 aromatic heterocycles. The maximum Gasteiger partial charge on any atom is 0.252 e. The topological polar surface area (TPSA) is 103 Å². The number of aromatic nitrogens is 4. The van der Waals surface area contributed by atoms with Crippen LogP contribution in [0.1, 0.15) is 18.7 Å². The van der Waals surface area contributed by atoms with Gasteiger partial charge >= 0.3 is 0 Å². The van der Waals surface area contributed by atoms with Crippen LogP contribution in [0.4, 0.5) is 5.69 Å². The van der Waals surface area contributed by atoms with E-state index in [1.807, 2.05) is 6.07 Å². The molecule has 0 bridgehead atoms. The second-order valence-electron chi connectivity index (χ2n) is 4.44. The van der Waals surface area contributed by atoms with Crippen molar-refractivity contribution in [3.63, 3.8) is 0 Å². The summed E-state index contributed by atoms with van der Waals surface area (Å²) in [5.41, 5.74) is 6.31. The number of anilines is 1. The van der Waals surface area contributed by atoms with Gasteiger partial charge in [0.1, 0.15) is 12.4 Å². The van der Waals surface area contributed by atoms with Crippen molar-refractivity contribution in [2.75, 3.05) is 12.3 Å². The molecule has 1 saturated carbocycles. The van der Waals surface area contributed by atoms with Crippen molar-refractivity contribution < 1.29 is 4.74 Å². The van der Waals surface area contributed by atoms with Crippen molar-refractivity contribution in [1.82, 2.24) is 19.7 Å². The Kier molecular flexibility index (Phi) is 2.76. The molecule has 7 nitrogen and oxygen atoms in total. The van der Waals surface area contributed by atoms with E-state index in [4.69, 9.17) is 15.7 Å². The molecule has 0 atom stereocenters. The van der Waals surface area contributed by atoms with Crippen LogP contribution in [0.3, 0.4) is 0 Å². The molecule has 0 unspecified atom stereocenters. The number of rotatable bonds is 4. The first-order chi connectivity index (χ1) is 9.26.